The summed E-state index contributed by atoms with van der Waals surface area (Å²) in [5.41, 5.74) is 0.758. The Bertz CT molecular complexity index is 477. The van der Waals surface area contributed by atoms with E-state index < -0.39 is 0 Å². The molecule has 0 aliphatic carbocycles. The summed E-state index contributed by atoms with van der Waals surface area (Å²) in [6.07, 6.45) is 3.22. The molecule has 1 aliphatic rings. The van der Waals surface area contributed by atoms with Crippen LogP contribution in [0.15, 0.2) is 24.3 Å². The lowest BCUT2D eigenvalue weighted by molar-refractivity contribution is 0.0691. The molecule has 1 amide bonds. The van der Waals surface area contributed by atoms with Gasteiger partial charge < -0.3 is 15.0 Å². The Balaban J connectivity index is 1.83. The topological polar surface area (TPSA) is 41.6 Å². The van der Waals surface area contributed by atoms with E-state index in [2.05, 4.69) is 19.2 Å². The highest BCUT2D eigenvalue weighted by Gasteiger charge is 2.23. The van der Waals surface area contributed by atoms with E-state index in [1.807, 2.05) is 36.2 Å². The van der Waals surface area contributed by atoms with E-state index in [-0.39, 0.29) is 5.91 Å². The van der Waals surface area contributed by atoms with E-state index in [1.54, 1.807) is 0 Å². The van der Waals surface area contributed by atoms with Crippen molar-refractivity contribution in [2.45, 2.75) is 33.1 Å². The molecular formula is C19H30N2O2. The molecule has 1 N–H and O–H groups in total. The van der Waals surface area contributed by atoms with Crippen LogP contribution in [0.2, 0.25) is 0 Å². The second-order valence-corrected chi connectivity index (χ2v) is 6.85. The maximum Gasteiger partial charge on any atom is 0.253 e. The highest BCUT2D eigenvalue weighted by molar-refractivity contribution is 5.94. The van der Waals surface area contributed by atoms with Crippen LogP contribution in [0, 0.1) is 11.8 Å². The average molecular weight is 318 g/mol. The van der Waals surface area contributed by atoms with Crippen molar-refractivity contribution in [1.29, 1.82) is 0 Å². The summed E-state index contributed by atoms with van der Waals surface area (Å²) < 4.78 is 5.71. The van der Waals surface area contributed by atoms with Gasteiger partial charge >= 0.3 is 0 Å². The number of hydrogen-bond acceptors (Lipinski definition) is 3. The molecule has 128 valence electrons. The van der Waals surface area contributed by atoms with E-state index in [4.69, 9.17) is 4.74 Å². The number of hydrogen-bond donors (Lipinski definition) is 1. The first-order chi connectivity index (χ1) is 11.1. The lowest BCUT2D eigenvalue weighted by Gasteiger charge is -2.32. The van der Waals surface area contributed by atoms with Crippen LogP contribution in [0.4, 0.5) is 0 Å². The molecule has 0 bridgehead atoms. The van der Waals surface area contributed by atoms with Crippen LogP contribution < -0.4 is 10.1 Å². The predicted molar refractivity (Wildman–Crippen MR) is 93.9 cm³/mol. The number of piperidine rings is 1. The van der Waals surface area contributed by atoms with Crippen LogP contribution in [0.5, 0.6) is 5.75 Å². The summed E-state index contributed by atoms with van der Waals surface area (Å²) in [5.74, 6) is 2.32. The number of likely N-dealkylation sites (tertiary alicyclic amines) is 1. The van der Waals surface area contributed by atoms with Gasteiger partial charge in [0.25, 0.3) is 5.91 Å². The Morgan fingerprint density at radius 2 is 1.91 bits per heavy atom. The average Bonchev–Trinajstić information content (AvgIpc) is 2.55. The smallest absolute Gasteiger partial charge is 0.253 e. The Morgan fingerprint density at radius 1 is 1.26 bits per heavy atom. The first-order valence-electron chi connectivity index (χ1n) is 8.77. The van der Waals surface area contributed by atoms with Crippen LogP contribution in [0.3, 0.4) is 0 Å². The van der Waals surface area contributed by atoms with Crippen molar-refractivity contribution in [2.75, 3.05) is 33.3 Å². The van der Waals surface area contributed by atoms with Crippen molar-refractivity contribution in [3.63, 3.8) is 0 Å². The van der Waals surface area contributed by atoms with Crippen molar-refractivity contribution in [3.8, 4) is 5.75 Å². The molecule has 0 spiro atoms. The fraction of sp³-hybridized carbons (Fsp3) is 0.632. The van der Waals surface area contributed by atoms with Crippen LogP contribution in [-0.2, 0) is 0 Å². The maximum absolute atomic E-state index is 12.5. The fourth-order valence-corrected chi connectivity index (χ4v) is 2.92. The van der Waals surface area contributed by atoms with E-state index in [9.17, 15) is 4.79 Å². The minimum atomic E-state index is 0.140. The molecule has 0 aromatic heterocycles. The summed E-state index contributed by atoms with van der Waals surface area (Å²) >= 11 is 0. The monoisotopic (exact) mass is 318 g/mol. The van der Waals surface area contributed by atoms with Crippen molar-refractivity contribution in [3.05, 3.63) is 29.8 Å². The van der Waals surface area contributed by atoms with Gasteiger partial charge in [-0.2, -0.15) is 0 Å². The number of carbonyl (C=O) groups is 1. The lowest BCUT2D eigenvalue weighted by atomic mass is 9.96. The first-order valence-corrected chi connectivity index (χ1v) is 8.77. The molecule has 0 unspecified atom stereocenters. The molecule has 1 fully saturated rings. The van der Waals surface area contributed by atoms with Gasteiger partial charge in [-0.1, -0.05) is 13.8 Å². The standard InChI is InChI=1S/C19H30N2O2/c1-15(2)10-13-23-18-6-4-17(5-7-18)19(22)21-11-8-16(9-12-21)14-20-3/h4-7,15-16,20H,8-14H2,1-3H3. The van der Waals surface area contributed by atoms with Crippen molar-refractivity contribution < 1.29 is 9.53 Å². The van der Waals surface area contributed by atoms with Gasteiger partial charge in [0.2, 0.25) is 0 Å². The van der Waals surface area contributed by atoms with Gasteiger partial charge in [0, 0.05) is 18.7 Å². The quantitative estimate of drug-likeness (QED) is 0.839. The summed E-state index contributed by atoms with van der Waals surface area (Å²) in [6.45, 7) is 7.86. The van der Waals surface area contributed by atoms with Crippen LogP contribution in [0.25, 0.3) is 0 Å². The third kappa shape index (κ3) is 5.54. The number of rotatable bonds is 7. The van der Waals surface area contributed by atoms with Crippen molar-refractivity contribution in [2.24, 2.45) is 11.8 Å². The van der Waals surface area contributed by atoms with Gasteiger partial charge in [0.1, 0.15) is 5.75 Å². The largest absolute Gasteiger partial charge is 0.494 e. The predicted octanol–water partition coefficient (Wildman–Crippen LogP) is 3.18. The number of amides is 1. The van der Waals surface area contributed by atoms with Gasteiger partial charge in [-0.05, 0) is 69.0 Å². The molecule has 4 nitrogen and oxygen atoms in total. The fourth-order valence-electron chi connectivity index (χ4n) is 2.92. The number of benzene rings is 1. The molecule has 1 aromatic carbocycles. The SMILES string of the molecule is CNCC1CCN(C(=O)c2ccc(OCCC(C)C)cc2)CC1. The zero-order chi connectivity index (χ0) is 16.7. The van der Waals surface area contributed by atoms with E-state index in [1.165, 1.54) is 0 Å². The molecule has 0 atom stereocenters. The van der Waals surface area contributed by atoms with Gasteiger partial charge in [-0.3, -0.25) is 4.79 Å². The molecule has 2 rings (SSSR count). The second-order valence-electron chi connectivity index (χ2n) is 6.85. The summed E-state index contributed by atoms with van der Waals surface area (Å²) in [4.78, 5) is 14.5. The Hall–Kier alpha value is -1.55. The number of nitrogens with zero attached hydrogens (tertiary/aromatic N) is 1. The third-order valence-corrected chi connectivity index (χ3v) is 4.46. The van der Waals surface area contributed by atoms with Gasteiger partial charge in [0.15, 0.2) is 0 Å². The molecule has 1 heterocycles. The first kappa shape index (κ1) is 17.8. The van der Waals surface area contributed by atoms with Gasteiger partial charge in [-0.25, -0.2) is 0 Å². The third-order valence-electron chi connectivity index (χ3n) is 4.46. The minimum Gasteiger partial charge on any atom is -0.494 e. The Kier molecular flexibility index (Phi) is 6.90. The summed E-state index contributed by atoms with van der Waals surface area (Å²) in [5, 5.41) is 3.23. The molecular weight excluding hydrogens is 288 g/mol. The number of ether oxygens (including phenoxy) is 1. The highest BCUT2D eigenvalue weighted by Crippen LogP contribution is 2.20. The number of carbonyl (C=O) groups excluding carboxylic acids is 1. The Morgan fingerprint density at radius 3 is 2.48 bits per heavy atom. The van der Waals surface area contributed by atoms with Crippen molar-refractivity contribution >= 4 is 5.91 Å². The zero-order valence-electron chi connectivity index (χ0n) is 14.7. The van der Waals surface area contributed by atoms with E-state index in [0.717, 1.165) is 56.8 Å². The normalized spacial score (nSPS) is 15.9. The molecule has 0 radical (unpaired) electrons. The zero-order valence-corrected chi connectivity index (χ0v) is 14.7. The minimum absolute atomic E-state index is 0.140. The van der Waals surface area contributed by atoms with Crippen molar-refractivity contribution in [1.82, 2.24) is 10.2 Å². The van der Waals surface area contributed by atoms with Crippen LogP contribution >= 0.6 is 0 Å². The van der Waals surface area contributed by atoms with Gasteiger partial charge in [-0.15, -0.1) is 0 Å². The molecule has 1 aromatic rings. The maximum atomic E-state index is 12.5. The molecule has 0 saturated carbocycles. The molecule has 4 heteroatoms. The lowest BCUT2D eigenvalue weighted by Crippen LogP contribution is -2.40. The molecule has 1 saturated heterocycles. The van der Waals surface area contributed by atoms with E-state index in [0.29, 0.717) is 11.8 Å². The van der Waals surface area contributed by atoms with Crippen LogP contribution in [0.1, 0.15) is 43.5 Å². The molecule has 23 heavy (non-hydrogen) atoms. The van der Waals surface area contributed by atoms with E-state index >= 15 is 0 Å². The summed E-state index contributed by atoms with van der Waals surface area (Å²) in [6, 6.07) is 7.57. The highest BCUT2D eigenvalue weighted by atomic mass is 16.5. The second kappa shape index (κ2) is 8.92. The Labute approximate surface area is 140 Å². The number of nitrogens with one attached hydrogen (secondary N) is 1. The molecule has 1 aliphatic heterocycles. The summed E-state index contributed by atoms with van der Waals surface area (Å²) in [7, 11) is 1.99. The van der Waals surface area contributed by atoms with Gasteiger partial charge in [0.05, 0.1) is 6.61 Å². The van der Waals surface area contributed by atoms with Crippen LogP contribution in [-0.4, -0.2) is 44.1 Å².